The maximum atomic E-state index is 6.11. The molecule has 1 heterocycles. The first-order chi connectivity index (χ1) is 9.24. The van der Waals surface area contributed by atoms with Crippen molar-refractivity contribution < 1.29 is 4.74 Å². The van der Waals surface area contributed by atoms with Crippen molar-refractivity contribution in [2.24, 2.45) is 0 Å². The Balaban J connectivity index is 1.83. The second kappa shape index (κ2) is 5.41. The van der Waals surface area contributed by atoms with Gasteiger partial charge in [0.05, 0.1) is 11.8 Å². The Hall–Kier alpha value is -1.22. The molecule has 2 fully saturated rings. The Bertz CT molecular complexity index is 448. The number of nitrogens with two attached hydrogens (primary N) is 1. The van der Waals surface area contributed by atoms with Gasteiger partial charge in [-0.1, -0.05) is 0 Å². The molecule has 0 bridgehead atoms. The van der Waals surface area contributed by atoms with Crippen LogP contribution in [-0.4, -0.2) is 19.2 Å². The molecule has 1 aromatic rings. The summed E-state index contributed by atoms with van der Waals surface area (Å²) >= 11 is 0. The van der Waals surface area contributed by atoms with Crippen LogP contribution in [0.1, 0.15) is 49.1 Å². The molecule has 2 aliphatic rings. The normalized spacial score (nSPS) is 21.1. The summed E-state index contributed by atoms with van der Waals surface area (Å²) in [4.78, 5) is 0. The maximum Gasteiger partial charge on any atom is 0.142 e. The smallest absolute Gasteiger partial charge is 0.142 e. The minimum Gasteiger partial charge on any atom is -0.488 e. The summed E-state index contributed by atoms with van der Waals surface area (Å²) in [5, 5.41) is 3.42. The van der Waals surface area contributed by atoms with Gasteiger partial charge >= 0.3 is 0 Å². The molecule has 104 valence electrons. The van der Waals surface area contributed by atoms with Gasteiger partial charge in [-0.15, -0.1) is 0 Å². The summed E-state index contributed by atoms with van der Waals surface area (Å²) in [7, 11) is 0. The SMILES string of the molecule is Cc1cc(N)c(OC2CCC2)cc1C1CCNCC1. The number of hydrogen-bond donors (Lipinski definition) is 2. The summed E-state index contributed by atoms with van der Waals surface area (Å²) in [6, 6.07) is 4.30. The van der Waals surface area contributed by atoms with Crippen molar-refractivity contribution >= 4 is 5.69 Å². The molecule has 1 aliphatic heterocycles. The molecule has 0 atom stereocenters. The lowest BCUT2D eigenvalue weighted by Gasteiger charge is -2.29. The van der Waals surface area contributed by atoms with E-state index < -0.39 is 0 Å². The van der Waals surface area contributed by atoms with Gasteiger partial charge in [-0.3, -0.25) is 0 Å². The summed E-state index contributed by atoms with van der Waals surface area (Å²) in [6.07, 6.45) is 6.47. The molecule has 0 radical (unpaired) electrons. The van der Waals surface area contributed by atoms with Gasteiger partial charge in [0, 0.05) is 0 Å². The molecule has 0 aromatic heterocycles. The van der Waals surface area contributed by atoms with Crippen LogP contribution >= 0.6 is 0 Å². The highest BCUT2D eigenvalue weighted by molar-refractivity contribution is 5.57. The van der Waals surface area contributed by atoms with Gasteiger partial charge in [-0.2, -0.15) is 0 Å². The number of piperidine rings is 1. The van der Waals surface area contributed by atoms with E-state index in [-0.39, 0.29) is 0 Å². The second-order valence-electron chi connectivity index (χ2n) is 5.94. The fourth-order valence-electron chi connectivity index (χ4n) is 3.07. The summed E-state index contributed by atoms with van der Waals surface area (Å²) in [5.74, 6) is 1.56. The van der Waals surface area contributed by atoms with Gasteiger partial charge in [0.1, 0.15) is 5.75 Å². The lowest BCUT2D eigenvalue weighted by molar-refractivity contribution is 0.121. The molecule has 0 amide bonds. The van der Waals surface area contributed by atoms with E-state index in [2.05, 4.69) is 24.4 Å². The lowest BCUT2D eigenvalue weighted by Crippen LogP contribution is -2.27. The number of hydrogen-bond acceptors (Lipinski definition) is 3. The molecule has 0 unspecified atom stereocenters. The molecule has 3 heteroatoms. The zero-order valence-corrected chi connectivity index (χ0v) is 11.7. The second-order valence-corrected chi connectivity index (χ2v) is 5.94. The zero-order chi connectivity index (χ0) is 13.2. The Morgan fingerprint density at radius 1 is 1.16 bits per heavy atom. The molecular weight excluding hydrogens is 236 g/mol. The first-order valence-corrected chi connectivity index (χ1v) is 7.51. The fraction of sp³-hybridized carbons (Fsp3) is 0.625. The number of nitrogens with one attached hydrogen (secondary N) is 1. The van der Waals surface area contributed by atoms with Crippen molar-refractivity contribution in [1.82, 2.24) is 5.32 Å². The summed E-state index contributed by atoms with van der Waals surface area (Å²) in [5.41, 5.74) is 9.65. The van der Waals surface area contributed by atoms with E-state index >= 15 is 0 Å². The first kappa shape index (κ1) is 12.8. The minimum absolute atomic E-state index is 0.394. The van der Waals surface area contributed by atoms with Crippen LogP contribution in [-0.2, 0) is 0 Å². The third kappa shape index (κ3) is 2.71. The van der Waals surface area contributed by atoms with Crippen LogP contribution in [0.3, 0.4) is 0 Å². The van der Waals surface area contributed by atoms with E-state index in [1.807, 2.05) is 0 Å². The van der Waals surface area contributed by atoms with Crippen LogP contribution in [0.2, 0.25) is 0 Å². The first-order valence-electron chi connectivity index (χ1n) is 7.51. The van der Waals surface area contributed by atoms with Gasteiger partial charge in [0.15, 0.2) is 0 Å². The predicted molar refractivity (Wildman–Crippen MR) is 78.7 cm³/mol. The van der Waals surface area contributed by atoms with Crippen molar-refractivity contribution in [3.05, 3.63) is 23.3 Å². The van der Waals surface area contributed by atoms with Crippen molar-refractivity contribution in [3.63, 3.8) is 0 Å². The number of aryl methyl sites for hydroxylation is 1. The number of ether oxygens (including phenoxy) is 1. The average molecular weight is 260 g/mol. The number of nitrogen functional groups attached to an aromatic ring is 1. The predicted octanol–water partition coefficient (Wildman–Crippen LogP) is 2.98. The highest BCUT2D eigenvalue weighted by atomic mass is 16.5. The number of anilines is 1. The van der Waals surface area contributed by atoms with Crippen LogP contribution in [0, 0.1) is 6.92 Å². The molecule has 1 saturated heterocycles. The molecule has 19 heavy (non-hydrogen) atoms. The largest absolute Gasteiger partial charge is 0.488 e. The van der Waals surface area contributed by atoms with E-state index in [0.29, 0.717) is 12.0 Å². The summed E-state index contributed by atoms with van der Waals surface area (Å²) < 4.78 is 6.03. The number of benzene rings is 1. The van der Waals surface area contributed by atoms with E-state index in [1.165, 1.54) is 43.2 Å². The van der Waals surface area contributed by atoms with E-state index in [4.69, 9.17) is 10.5 Å². The van der Waals surface area contributed by atoms with Gasteiger partial charge in [0.25, 0.3) is 0 Å². The van der Waals surface area contributed by atoms with Crippen molar-refractivity contribution in [1.29, 1.82) is 0 Å². The Morgan fingerprint density at radius 2 is 1.89 bits per heavy atom. The van der Waals surface area contributed by atoms with Crippen LogP contribution in [0.5, 0.6) is 5.75 Å². The van der Waals surface area contributed by atoms with Crippen molar-refractivity contribution in [2.45, 2.75) is 51.0 Å². The Kier molecular flexibility index (Phi) is 3.65. The summed E-state index contributed by atoms with van der Waals surface area (Å²) in [6.45, 7) is 4.40. The van der Waals surface area contributed by atoms with Crippen LogP contribution in [0.15, 0.2) is 12.1 Å². The van der Waals surface area contributed by atoms with Crippen LogP contribution in [0.25, 0.3) is 0 Å². The van der Waals surface area contributed by atoms with E-state index in [1.54, 1.807) is 0 Å². The third-order valence-corrected chi connectivity index (χ3v) is 4.52. The molecule has 3 N–H and O–H groups in total. The van der Waals surface area contributed by atoms with Gasteiger partial charge in [-0.25, -0.2) is 0 Å². The maximum absolute atomic E-state index is 6.11. The minimum atomic E-state index is 0.394. The third-order valence-electron chi connectivity index (χ3n) is 4.52. The fourth-order valence-corrected chi connectivity index (χ4v) is 3.07. The zero-order valence-electron chi connectivity index (χ0n) is 11.7. The van der Waals surface area contributed by atoms with E-state index in [9.17, 15) is 0 Å². The van der Waals surface area contributed by atoms with Crippen LogP contribution < -0.4 is 15.8 Å². The lowest BCUT2D eigenvalue weighted by atomic mass is 9.87. The highest BCUT2D eigenvalue weighted by Gasteiger charge is 2.22. The van der Waals surface area contributed by atoms with E-state index in [0.717, 1.165) is 24.5 Å². The topological polar surface area (TPSA) is 47.3 Å². The Morgan fingerprint density at radius 3 is 2.53 bits per heavy atom. The number of rotatable bonds is 3. The monoisotopic (exact) mass is 260 g/mol. The highest BCUT2D eigenvalue weighted by Crippen LogP contribution is 2.36. The molecule has 3 nitrogen and oxygen atoms in total. The average Bonchev–Trinajstić information content (AvgIpc) is 2.37. The van der Waals surface area contributed by atoms with Gasteiger partial charge < -0.3 is 15.8 Å². The standard InChI is InChI=1S/C16H24N2O/c1-11-9-15(17)16(19-13-3-2-4-13)10-14(11)12-5-7-18-8-6-12/h9-10,12-13,18H,2-8,17H2,1H3. The molecular formula is C16H24N2O. The molecule has 1 saturated carbocycles. The van der Waals surface area contributed by atoms with Crippen LogP contribution in [0.4, 0.5) is 5.69 Å². The van der Waals surface area contributed by atoms with Crippen molar-refractivity contribution in [3.8, 4) is 5.75 Å². The van der Waals surface area contributed by atoms with Crippen molar-refractivity contribution in [2.75, 3.05) is 18.8 Å². The molecule has 0 spiro atoms. The van der Waals surface area contributed by atoms with Gasteiger partial charge in [-0.05, 0) is 81.3 Å². The Labute approximate surface area is 115 Å². The molecule has 3 rings (SSSR count). The van der Waals surface area contributed by atoms with Gasteiger partial charge in [0.2, 0.25) is 0 Å². The molecule has 1 aliphatic carbocycles. The quantitative estimate of drug-likeness (QED) is 0.821. The molecule has 1 aromatic carbocycles.